The molecule has 1 heterocycles. The lowest BCUT2D eigenvalue weighted by molar-refractivity contribution is -0.138. The van der Waals surface area contributed by atoms with Gasteiger partial charge in [-0.05, 0) is 27.7 Å². The fourth-order valence-corrected chi connectivity index (χ4v) is 2.19. The van der Waals surface area contributed by atoms with Crippen molar-refractivity contribution in [2.24, 2.45) is 0 Å². The quantitative estimate of drug-likeness (QED) is 0.884. The van der Waals surface area contributed by atoms with Crippen molar-refractivity contribution in [3.05, 3.63) is 16.1 Å². The molecule has 0 aliphatic rings. The second kappa shape index (κ2) is 6.01. The van der Waals surface area contributed by atoms with Gasteiger partial charge in [-0.25, -0.2) is 9.78 Å². The van der Waals surface area contributed by atoms with Gasteiger partial charge in [-0.15, -0.1) is 11.3 Å². The lowest BCUT2D eigenvalue weighted by Gasteiger charge is -2.34. The van der Waals surface area contributed by atoms with Gasteiger partial charge in [-0.2, -0.15) is 0 Å². The number of hydrogen-bond acceptors (Lipinski definition) is 4. The molecule has 6 nitrogen and oxygen atoms in total. The number of carbonyl (C=O) groups is 2. The number of amides is 2. The van der Waals surface area contributed by atoms with Crippen LogP contribution in [0.2, 0.25) is 0 Å². The summed E-state index contributed by atoms with van der Waals surface area (Å²) in [6, 6.07) is -0.400. The summed E-state index contributed by atoms with van der Waals surface area (Å²) in [7, 11) is 0. The van der Waals surface area contributed by atoms with Crippen molar-refractivity contribution >= 4 is 23.3 Å². The smallest absolute Gasteiger partial charge is 0.323 e. The van der Waals surface area contributed by atoms with E-state index in [1.807, 2.05) is 12.3 Å². The average molecular weight is 285 g/mol. The minimum absolute atomic E-state index is 0.309. The molecule has 0 saturated heterocycles. The monoisotopic (exact) mass is 285 g/mol. The SMILES string of the molecule is Cc1csc(CNC(=O)N(CC(=O)O)C(C)(C)C)n1. The van der Waals surface area contributed by atoms with Crippen LogP contribution in [0.15, 0.2) is 5.38 Å². The van der Waals surface area contributed by atoms with Crippen LogP contribution in [-0.2, 0) is 11.3 Å². The third-order valence-electron chi connectivity index (χ3n) is 2.41. The molecule has 1 aromatic rings. The Labute approximate surface area is 116 Å². The molecular formula is C12H19N3O3S. The average Bonchev–Trinajstić information content (AvgIpc) is 2.67. The number of nitrogens with one attached hydrogen (secondary N) is 1. The van der Waals surface area contributed by atoms with Gasteiger partial charge in [0.2, 0.25) is 0 Å². The van der Waals surface area contributed by atoms with E-state index in [1.54, 1.807) is 20.8 Å². The Kier molecular flexibility index (Phi) is 4.88. The Morgan fingerprint density at radius 1 is 1.47 bits per heavy atom. The Hall–Kier alpha value is -1.63. The maximum atomic E-state index is 12.0. The molecule has 7 heteroatoms. The minimum Gasteiger partial charge on any atom is -0.480 e. The Morgan fingerprint density at radius 3 is 2.53 bits per heavy atom. The van der Waals surface area contributed by atoms with Gasteiger partial charge in [-0.1, -0.05) is 0 Å². The Morgan fingerprint density at radius 2 is 2.11 bits per heavy atom. The summed E-state index contributed by atoms with van der Waals surface area (Å²) in [6.07, 6.45) is 0. The lowest BCUT2D eigenvalue weighted by Crippen LogP contribution is -2.52. The number of hydrogen-bond donors (Lipinski definition) is 2. The van der Waals surface area contributed by atoms with Gasteiger partial charge in [0.1, 0.15) is 11.6 Å². The number of thiazole rings is 1. The van der Waals surface area contributed by atoms with Crippen LogP contribution in [0.25, 0.3) is 0 Å². The standard InChI is InChI=1S/C12H19N3O3S/c1-8-7-19-9(14-8)5-13-11(18)15(6-10(16)17)12(2,3)4/h7H,5-6H2,1-4H3,(H,13,18)(H,16,17). The maximum absolute atomic E-state index is 12.0. The molecular weight excluding hydrogens is 266 g/mol. The summed E-state index contributed by atoms with van der Waals surface area (Å²) in [5, 5.41) is 14.3. The molecule has 0 fully saturated rings. The van der Waals surface area contributed by atoms with Crippen molar-refractivity contribution < 1.29 is 14.7 Å². The highest BCUT2D eigenvalue weighted by atomic mass is 32.1. The zero-order valence-electron chi connectivity index (χ0n) is 11.6. The first-order valence-electron chi connectivity index (χ1n) is 5.88. The van der Waals surface area contributed by atoms with E-state index in [4.69, 9.17) is 5.11 Å². The third kappa shape index (κ3) is 4.86. The molecule has 0 atom stereocenters. The predicted octanol–water partition coefficient (Wildman–Crippen LogP) is 1.85. The van der Waals surface area contributed by atoms with Gasteiger partial charge in [-0.3, -0.25) is 4.79 Å². The van der Waals surface area contributed by atoms with Crippen molar-refractivity contribution in [2.45, 2.75) is 39.8 Å². The van der Waals surface area contributed by atoms with Gasteiger partial charge in [0.25, 0.3) is 0 Å². The van der Waals surface area contributed by atoms with Crippen molar-refractivity contribution in [1.82, 2.24) is 15.2 Å². The second-order valence-corrected chi connectivity index (χ2v) is 6.13. The van der Waals surface area contributed by atoms with Gasteiger partial charge in [0.05, 0.1) is 6.54 Å². The first-order valence-corrected chi connectivity index (χ1v) is 6.76. The van der Waals surface area contributed by atoms with Crippen molar-refractivity contribution in [1.29, 1.82) is 0 Å². The van der Waals surface area contributed by atoms with E-state index in [9.17, 15) is 9.59 Å². The number of aliphatic carboxylic acids is 1. The molecule has 0 spiro atoms. The third-order valence-corrected chi connectivity index (χ3v) is 3.37. The summed E-state index contributed by atoms with van der Waals surface area (Å²) in [5.74, 6) is -1.03. The van der Waals surface area contributed by atoms with Crippen molar-refractivity contribution in [3.8, 4) is 0 Å². The summed E-state index contributed by atoms with van der Waals surface area (Å²) < 4.78 is 0. The molecule has 1 rings (SSSR count). The molecule has 1 aromatic heterocycles. The fraction of sp³-hybridized carbons (Fsp3) is 0.583. The number of aryl methyl sites for hydroxylation is 1. The van der Waals surface area contributed by atoms with Crippen LogP contribution in [0.4, 0.5) is 4.79 Å². The first-order chi connectivity index (χ1) is 8.70. The van der Waals surface area contributed by atoms with E-state index in [-0.39, 0.29) is 6.54 Å². The van der Waals surface area contributed by atoms with Crippen LogP contribution in [-0.4, -0.2) is 39.1 Å². The van der Waals surface area contributed by atoms with Crippen LogP contribution in [0.1, 0.15) is 31.5 Å². The van der Waals surface area contributed by atoms with E-state index in [1.165, 1.54) is 16.2 Å². The zero-order chi connectivity index (χ0) is 14.6. The van der Waals surface area contributed by atoms with Crippen LogP contribution < -0.4 is 5.32 Å². The predicted molar refractivity (Wildman–Crippen MR) is 73.2 cm³/mol. The molecule has 0 aliphatic heterocycles. The largest absolute Gasteiger partial charge is 0.480 e. The number of carboxylic acid groups (broad SMARTS) is 1. The summed E-state index contributed by atoms with van der Waals surface area (Å²) in [5.41, 5.74) is 0.355. The van der Waals surface area contributed by atoms with Crippen molar-refractivity contribution in [3.63, 3.8) is 0 Å². The molecule has 0 unspecified atom stereocenters. The number of aromatic nitrogens is 1. The summed E-state index contributed by atoms with van der Waals surface area (Å²) in [4.78, 5) is 28.4. The highest BCUT2D eigenvalue weighted by Gasteiger charge is 2.28. The maximum Gasteiger partial charge on any atom is 0.323 e. The zero-order valence-corrected chi connectivity index (χ0v) is 12.4. The molecule has 2 N–H and O–H groups in total. The van der Waals surface area contributed by atoms with Gasteiger partial charge in [0, 0.05) is 16.6 Å². The molecule has 2 amide bonds. The highest BCUT2D eigenvalue weighted by molar-refractivity contribution is 7.09. The summed E-state index contributed by atoms with van der Waals surface area (Å²) >= 11 is 1.46. The van der Waals surface area contributed by atoms with Crippen LogP contribution in [0.5, 0.6) is 0 Å². The van der Waals surface area contributed by atoms with E-state index in [2.05, 4.69) is 10.3 Å². The highest BCUT2D eigenvalue weighted by Crippen LogP contribution is 2.14. The van der Waals surface area contributed by atoms with E-state index in [0.29, 0.717) is 6.54 Å². The molecule has 0 bridgehead atoms. The lowest BCUT2D eigenvalue weighted by atomic mass is 10.1. The Balaban J connectivity index is 2.64. The number of carboxylic acids is 1. The van der Waals surface area contributed by atoms with Crippen LogP contribution in [0, 0.1) is 6.92 Å². The number of urea groups is 1. The van der Waals surface area contributed by atoms with E-state index < -0.39 is 17.5 Å². The van der Waals surface area contributed by atoms with Crippen molar-refractivity contribution in [2.75, 3.05) is 6.54 Å². The van der Waals surface area contributed by atoms with Crippen LogP contribution >= 0.6 is 11.3 Å². The molecule has 0 saturated carbocycles. The van der Waals surface area contributed by atoms with E-state index >= 15 is 0 Å². The molecule has 19 heavy (non-hydrogen) atoms. The van der Waals surface area contributed by atoms with Gasteiger partial charge >= 0.3 is 12.0 Å². The number of carbonyl (C=O) groups excluding carboxylic acids is 1. The van der Waals surface area contributed by atoms with Gasteiger partial charge in [0.15, 0.2) is 0 Å². The van der Waals surface area contributed by atoms with Crippen LogP contribution in [0.3, 0.4) is 0 Å². The second-order valence-electron chi connectivity index (χ2n) is 5.19. The Bertz CT molecular complexity index is 465. The first kappa shape index (κ1) is 15.4. The normalized spacial score (nSPS) is 11.2. The fourth-order valence-electron chi connectivity index (χ4n) is 1.48. The molecule has 0 aromatic carbocycles. The minimum atomic E-state index is -1.03. The van der Waals surface area contributed by atoms with Gasteiger partial charge < -0.3 is 15.3 Å². The topological polar surface area (TPSA) is 82.5 Å². The molecule has 0 radical (unpaired) electrons. The van der Waals surface area contributed by atoms with E-state index in [0.717, 1.165) is 10.7 Å². The number of nitrogens with zero attached hydrogens (tertiary/aromatic N) is 2. The molecule has 0 aliphatic carbocycles. The molecule has 106 valence electrons. The summed E-state index contributed by atoms with van der Waals surface area (Å²) in [6.45, 7) is 7.25. The number of rotatable bonds is 4.